The lowest BCUT2D eigenvalue weighted by atomic mass is 9.36. The van der Waals surface area contributed by atoms with Crippen LogP contribution in [0.5, 0.6) is 0 Å². The standard InChI is InChI=1S/C22H31BN2/c1-21(2,24(5)6)17-12-8-10-14-19(17)23-16-25(7)22(3,4)18-13-9-11-15-20(18)23/h8-15H,16H2,1-7H3. The van der Waals surface area contributed by atoms with Crippen molar-refractivity contribution in [1.82, 2.24) is 9.80 Å². The molecule has 2 aromatic rings. The van der Waals surface area contributed by atoms with E-state index in [4.69, 9.17) is 0 Å². The van der Waals surface area contributed by atoms with Crippen LogP contribution in [0.1, 0.15) is 38.8 Å². The van der Waals surface area contributed by atoms with E-state index >= 15 is 0 Å². The van der Waals surface area contributed by atoms with Gasteiger partial charge >= 0.3 is 0 Å². The Kier molecular flexibility index (Phi) is 4.59. The first kappa shape index (κ1) is 18.2. The van der Waals surface area contributed by atoms with Crippen molar-refractivity contribution in [2.75, 3.05) is 27.6 Å². The van der Waals surface area contributed by atoms with Gasteiger partial charge in [0.15, 0.2) is 0 Å². The summed E-state index contributed by atoms with van der Waals surface area (Å²) in [6.45, 7) is 9.70. The predicted octanol–water partition coefficient (Wildman–Crippen LogP) is 2.81. The normalized spacial score (nSPS) is 17.7. The van der Waals surface area contributed by atoms with Crippen LogP contribution in [0, 0.1) is 0 Å². The van der Waals surface area contributed by atoms with E-state index < -0.39 is 0 Å². The van der Waals surface area contributed by atoms with E-state index in [1.807, 2.05) is 0 Å². The van der Waals surface area contributed by atoms with E-state index in [0.717, 1.165) is 6.44 Å². The molecular formula is C22H31BN2. The number of rotatable bonds is 3. The Balaban J connectivity index is 2.19. The van der Waals surface area contributed by atoms with Gasteiger partial charge in [0.2, 0.25) is 6.71 Å². The van der Waals surface area contributed by atoms with Crippen molar-refractivity contribution in [3.8, 4) is 0 Å². The summed E-state index contributed by atoms with van der Waals surface area (Å²) in [5.74, 6) is 0. The smallest absolute Gasteiger partial charge is 0.224 e. The number of benzene rings is 2. The lowest BCUT2D eigenvalue weighted by molar-refractivity contribution is 0.180. The minimum atomic E-state index is -0.00290. The van der Waals surface area contributed by atoms with Gasteiger partial charge in [0.1, 0.15) is 0 Å². The van der Waals surface area contributed by atoms with Gasteiger partial charge in [0.05, 0.1) is 0 Å². The van der Waals surface area contributed by atoms with Gasteiger partial charge in [-0.1, -0.05) is 59.5 Å². The molecule has 25 heavy (non-hydrogen) atoms. The van der Waals surface area contributed by atoms with E-state index in [1.165, 1.54) is 22.1 Å². The molecule has 0 aliphatic carbocycles. The number of nitrogens with zero attached hydrogens (tertiary/aromatic N) is 2. The molecule has 0 spiro atoms. The van der Waals surface area contributed by atoms with E-state index in [1.54, 1.807) is 0 Å². The lowest BCUT2D eigenvalue weighted by Gasteiger charge is -2.45. The van der Waals surface area contributed by atoms with Crippen molar-refractivity contribution in [2.24, 2.45) is 0 Å². The van der Waals surface area contributed by atoms with Crippen LogP contribution >= 0.6 is 0 Å². The zero-order chi connectivity index (χ0) is 18.4. The van der Waals surface area contributed by atoms with E-state index in [0.29, 0.717) is 6.71 Å². The molecule has 0 atom stereocenters. The summed E-state index contributed by atoms with van der Waals surface area (Å²) < 4.78 is 0. The maximum atomic E-state index is 2.50. The van der Waals surface area contributed by atoms with Crippen molar-refractivity contribution in [1.29, 1.82) is 0 Å². The Morgan fingerprint density at radius 1 is 0.960 bits per heavy atom. The SMILES string of the molecule is CN(C)C(C)(C)c1ccccc1B1CN(C)C(C)(C)c2ccccc21. The summed E-state index contributed by atoms with van der Waals surface area (Å²) in [5, 5.41) is 0. The zero-order valence-electron chi connectivity index (χ0n) is 16.8. The second kappa shape index (κ2) is 6.30. The van der Waals surface area contributed by atoms with Crippen LogP contribution in [-0.2, 0) is 11.1 Å². The van der Waals surface area contributed by atoms with Gasteiger partial charge < -0.3 is 9.80 Å². The molecular weight excluding hydrogens is 303 g/mol. The summed E-state index contributed by atoms with van der Waals surface area (Å²) >= 11 is 0. The molecule has 0 saturated heterocycles. The van der Waals surface area contributed by atoms with E-state index in [2.05, 4.69) is 107 Å². The molecule has 1 aliphatic heterocycles. The highest BCUT2D eigenvalue weighted by Crippen LogP contribution is 2.30. The number of hydrogen-bond acceptors (Lipinski definition) is 2. The third kappa shape index (κ3) is 2.94. The number of fused-ring (bicyclic) bond motifs is 1. The summed E-state index contributed by atoms with van der Waals surface area (Å²) in [6, 6.07) is 18.0. The zero-order valence-corrected chi connectivity index (χ0v) is 16.8. The van der Waals surface area contributed by atoms with Gasteiger partial charge in [-0.25, -0.2) is 0 Å². The van der Waals surface area contributed by atoms with Crippen LogP contribution < -0.4 is 10.9 Å². The Labute approximate surface area is 153 Å². The minimum absolute atomic E-state index is 0.00290. The summed E-state index contributed by atoms with van der Waals surface area (Å²) in [4.78, 5) is 4.81. The van der Waals surface area contributed by atoms with E-state index in [9.17, 15) is 0 Å². The maximum Gasteiger partial charge on any atom is 0.224 e. The Morgan fingerprint density at radius 2 is 1.52 bits per heavy atom. The molecule has 0 bridgehead atoms. The Bertz CT molecular complexity index is 764. The third-order valence-electron chi connectivity index (χ3n) is 6.52. The first-order valence-electron chi connectivity index (χ1n) is 9.25. The van der Waals surface area contributed by atoms with Crippen LogP contribution in [0.2, 0.25) is 0 Å². The third-order valence-corrected chi connectivity index (χ3v) is 6.52. The molecule has 3 rings (SSSR count). The molecule has 2 nitrogen and oxygen atoms in total. The van der Waals surface area contributed by atoms with Crippen molar-refractivity contribution in [3.63, 3.8) is 0 Å². The highest BCUT2D eigenvalue weighted by Gasteiger charge is 2.40. The molecule has 0 aromatic heterocycles. The lowest BCUT2D eigenvalue weighted by Crippen LogP contribution is -2.63. The largest absolute Gasteiger partial charge is 0.304 e. The topological polar surface area (TPSA) is 6.48 Å². The average Bonchev–Trinajstić information content (AvgIpc) is 2.58. The summed E-state index contributed by atoms with van der Waals surface area (Å²) in [6.07, 6.45) is 1.05. The molecule has 0 unspecified atom stereocenters. The van der Waals surface area contributed by atoms with Crippen molar-refractivity contribution < 1.29 is 0 Å². The molecule has 1 aliphatic rings. The number of hydrogen-bond donors (Lipinski definition) is 0. The summed E-state index contributed by atoms with van der Waals surface area (Å²) in [5.41, 5.74) is 5.87. The molecule has 0 saturated carbocycles. The van der Waals surface area contributed by atoms with Crippen LogP contribution in [0.15, 0.2) is 48.5 Å². The maximum absolute atomic E-state index is 2.50. The molecule has 0 radical (unpaired) electrons. The highest BCUT2D eigenvalue weighted by atomic mass is 15.2. The van der Waals surface area contributed by atoms with Gasteiger partial charge in [0.25, 0.3) is 0 Å². The van der Waals surface area contributed by atoms with Gasteiger partial charge in [-0.05, 0) is 66.4 Å². The summed E-state index contributed by atoms with van der Waals surface area (Å²) in [7, 11) is 6.59. The first-order valence-corrected chi connectivity index (χ1v) is 9.25. The second-order valence-corrected chi connectivity index (χ2v) is 8.62. The Morgan fingerprint density at radius 3 is 2.16 bits per heavy atom. The van der Waals surface area contributed by atoms with Gasteiger partial charge in [-0.3, -0.25) is 0 Å². The highest BCUT2D eigenvalue weighted by molar-refractivity contribution is 6.86. The fourth-order valence-corrected chi connectivity index (χ4v) is 4.03. The molecule has 0 N–H and O–H groups in total. The van der Waals surface area contributed by atoms with Crippen molar-refractivity contribution in [3.05, 3.63) is 59.7 Å². The van der Waals surface area contributed by atoms with Crippen LogP contribution in [0.3, 0.4) is 0 Å². The molecule has 0 amide bonds. The van der Waals surface area contributed by atoms with Gasteiger partial charge in [-0.2, -0.15) is 0 Å². The first-order chi connectivity index (χ1) is 11.7. The van der Waals surface area contributed by atoms with Crippen LogP contribution in [0.25, 0.3) is 0 Å². The molecule has 132 valence electrons. The van der Waals surface area contributed by atoms with E-state index in [-0.39, 0.29) is 11.1 Å². The monoisotopic (exact) mass is 334 g/mol. The quantitative estimate of drug-likeness (QED) is 0.797. The van der Waals surface area contributed by atoms with Gasteiger partial charge in [0, 0.05) is 11.1 Å². The van der Waals surface area contributed by atoms with Crippen molar-refractivity contribution >= 4 is 17.6 Å². The molecule has 1 heterocycles. The minimum Gasteiger partial charge on any atom is -0.304 e. The molecule has 0 fully saturated rings. The predicted molar refractivity (Wildman–Crippen MR) is 110 cm³/mol. The van der Waals surface area contributed by atoms with Crippen LogP contribution in [-0.4, -0.2) is 44.1 Å². The second-order valence-electron chi connectivity index (χ2n) is 8.62. The van der Waals surface area contributed by atoms with Crippen LogP contribution in [0.4, 0.5) is 0 Å². The average molecular weight is 334 g/mol. The molecule has 2 aromatic carbocycles. The van der Waals surface area contributed by atoms with Crippen molar-refractivity contribution in [2.45, 2.75) is 38.8 Å². The Hall–Kier alpha value is -1.58. The van der Waals surface area contributed by atoms with Gasteiger partial charge in [-0.15, -0.1) is 0 Å². The molecule has 3 heteroatoms. The fraction of sp³-hybridized carbons (Fsp3) is 0.455. The fourth-order valence-electron chi connectivity index (χ4n) is 4.03.